The zero-order chi connectivity index (χ0) is 10.4. The number of halogens is 1. The van der Waals surface area contributed by atoms with Crippen molar-refractivity contribution in [1.29, 1.82) is 0 Å². The summed E-state index contributed by atoms with van der Waals surface area (Å²) >= 11 is 7.06. The van der Waals surface area contributed by atoms with Crippen molar-refractivity contribution >= 4 is 28.3 Å². The molecule has 1 aromatic rings. The van der Waals surface area contributed by atoms with Crippen molar-refractivity contribution < 1.29 is 0 Å². The van der Waals surface area contributed by atoms with E-state index in [4.69, 9.17) is 11.6 Å². The highest BCUT2D eigenvalue weighted by Crippen LogP contribution is 2.23. The number of nitrogens with one attached hydrogen (secondary N) is 1. The number of hydrogen-bond acceptors (Lipinski definition) is 4. The molecule has 0 aliphatic rings. The molecule has 0 aliphatic heterocycles. The largest absolute Gasteiger partial charge is 0.360 e. The van der Waals surface area contributed by atoms with Crippen LogP contribution in [0.5, 0.6) is 0 Å². The van der Waals surface area contributed by atoms with E-state index in [2.05, 4.69) is 28.5 Å². The second-order valence-corrected chi connectivity index (χ2v) is 5.21. The summed E-state index contributed by atoms with van der Waals surface area (Å²) in [4.78, 5) is 4.07. The molecule has 0 bridgehead atoms. The summed E-state index contributed by atoms with van der Waals surface area (Å²) < 4.78 is 3.93. The molecular weight excluding hydrogens is 218 g/mol. The number of anilines is 1. The van der Waals surface area contributed by atoms with E-state index in [1.54, 1.807) is 6.33 Å². The monoisotopic (exact) mass is 233 g/mol. The minimum absolute atomic E-state index is 0.264. The van der Waals surface area contributed by atoms with Crippen molar-refractivity contribution in [3.63, 3.8) is 0 Å². The minimum Gasteiger partial charge on any atom is -0.360 e. The average Bonchev–Trinajstić information content (AvgIpc) is 2.64. The van der Waals surface area contributed by atoms with Crippen LogP contribution in [0.1, 0.15) is 26.7 Å². The summed E-state index contributed by atoms with van der Waals surface area (Å²) in [6.45, 7) is 5.38. The fourth-order valence-electron chi connectivity index (χ4n) is 1.20. The Hall–Kier alpha value is -0.350. The second-order valence-electron chi connectivity index (χ2n) is 4.06. The van der Waals surface area contributed by atoms with Crippen molar-refractivity contribution in [3.8, 4) is 0 Å². The van der Waals surface area contributed by atoms with Crippen LogP contribution in [0, 0.1) is 5.41 Å². The lowest BCUT2D eigenvalue weighted by molar-refractivity contribution is 0.355. The zero-order valence-corrected chi connectivity index (χ0v) is 10.2. The molecule has 0 fully saturated rings. The maximum Gasteiger partial charge on any atom is 0.202 e. The molecule has 0 aliphatic carbocycles. The summed E-state index contributed by atoms with van der Waals surface area (Å²) in [5.74, 6) is 0.738. The van der Waals surface area contributed by atoms with E-state index in [1.165, 1.54) is 11.5 Å². The number of aromatic nitrogens is 2. The van der Waals surface area contributed by atoms with E-state index in [1.807, 2.05) is 0 Å². The van der Waals surface area contributed by atoms with Gasteiger partial charge in [-0.15, -0.1) is 11.6 Å². The number of nitrogens with zero attached hydrogens (tertiary/aromatic N) is 2. The van der Waals surface area contributed by atoms with Crippen molar-refractivity contribution in [2.45, 2.75) is 26.7 Å². The summed E-state index contributed by atoms with van der Waals surface area (Å²) in [5, 5.41) is 4.17. The predicted molar refractivity (Wildman–Crippen MR) is 62.1 cm³/mol. The SMILES string of the molecule is CC(C)(CCCCl)CNc1ncns1. The van der Waals surface area contributed by atoms with Gasteiger partial charge in [-0.25, -0.2) is 4.98 Å². The predicted octanol–water partition coefficient (Wildman–Crippen LogP) is 3.00. The molecule has 0 unspecified atom stereocenters. The van der Waals surface area contributed by atoms with Crippen LogP contribution in [0.25, 0.3) is 0 Å². The molecule has 80 valence electrons. The Kier molecular flexibility index (Phi) is 4.62. The van der Waals surface area contributed by atoms with Crippen LogP contribution in [0.3, 0.4) is 0 Å². The third-order valence-electron chi connectivity index (χ3n) is 2.07. The van der Waals surface area contributed by atoms with Crippen LogP contribution >= 0.6 is 23.1 Å². The average molecular weight is 234 g/mol. The van der Waals surface area contributed by atoms with E-state index in [0.717, 1.165) is 30.4 Å². The molecule has 1 heterocycles. The standard InChI is InChI=1S/C9H16ClN3S/c1-9(2,4-3-5-10)6-11-8-12-7-13-14-8/h7H,3-6H2,1-2H3,(H,11,12,13). The molecule has 1 N–H and O–H groups in total. The van der Waals surface area contributed by atoms with Gasteiger partial charge in [-0.3, -0.25) is 0 Å². The molecule has 0 amide bonds. The first-order chi connectivity index (χ1) is 6.64. The van der Waals surface area contributed by atoms with Gasteiger partial charge in [0.1, 0.15) is 6.33 Å². The number of hydrogen-bond donors (Lipinski definition) is 1. The van der Waals surface area contributed by atoms with E-state index in [-0.39, 0.29) is 5.41 Å². The van der Waals surface area contributed by atoms with E-state index >= 15 is 0 Å². The van der Waals surface area contributed by atoms with Crippen LogP contribution < -0.4 is 5.32 Å². The fraction of sp³-hybridized carbons (Fsp3) is 0.778. The lowest BCUT2D eigenvalue weighted by atomic mass is 9.88. The van der Waals surface area contributed by atoms with Crippen LogP contribution in [0.2, 0.25) is 0 Å². The quantitative estimate of drug-likeness (QED) is 0.768. The highest BCUT2D eigenvalue weighted by atomic mass is 35.5. The molecule has 0 saturated heterocycles. The molecular formula is C9H16ClN3S. The van der Waals surface area contributed by atoms with Gasteiger partial charge in [-0.05, 0) is 18.3 Å². The Morgan fingerprint density at radius 1 is 1.57 bits per heavy atom. The molecule has 0 spiro atoms. The van der Waals surface area contributed by atoms with Gasteiger partial charge in [0, 0.05) is 24.0 Å². The third-order valence-corrected chi connectivity index (χ3v) is 2.96. The topological polar surface area (TPSA) is 37.8 Å². The van der Waals surface area contributed by atoms with Crippen molar-refractivity contribution in [3.05, 3.63) is 6.33 Å². The van der Waals surface area contributed by atoms with Crippen molar-refractivity contribution in [1.82, 2.24) is 9.36 Å². The molecule has 5 heteroatoms. The smallest absolute Gasteiger partial charge is 0.202 e. The summed E-state index contributed by atoms with van der Waals surface area (Å²) in [5.41, 5.74) is 0.264. The Morgan fingerprint density at radius 2 is 2.36 bits per heavy atom. The Bertz CT molecular complexity index is 249. The summed E-state index contributed by atoms with van der Waals surface area (Å²) in [6.07, 6.45) is 3.76. The molecule has 14 heavy (non-hydrogen) atoms. The molecule has 1 aromatic heterocycles. The Morgan fingerprint density at radius 3 is 2.93 bits per heavy atom. The molecule has 0 saturated carbocycles. The first-order valence-electron chi connectivity index (χ1n) is 4.70. The van der Waals surface area contributed by atoms with Gasteiger partial charge in [-0.2, -0.15) is 4.37 Å². The lowest BCUT2D eigenvalue weighted by Crippen LogP contribution is -2.23. The first-order valence-corrected chi connectivity index (χ1v) is 6.01. The molecule has 0 aromatic carbocycles. The van der Waals surface area contributed by atoms with Crippen LogP contribution in [-0.4, -0.2) is 21.8 Å². The number of alkyl halides is 1. The van der Waals surface area contributed by atoms with Crippen LogP contribution in [0.15, 0.2) is 6.33 Å². The van der Waals surface area contributed by atoms with Gasteiger partial charge in [0.2, 0.25) is 5.13 Å². The summed E-state index contributed by atoms with van der Waals surface area (Å²) in [6, 6.07) is 0. The van der Waals surface area contributed by atoms with E-state index < -0.39 is 0 Å². The van der Waals surface area contributed by atoms with Crippen LogP contribution in [-0.2, 0) is 0 Å². The van der Waals surface area contributed by atoms with Gasteiger partial charge in [-0.1, -0.05) is 13.8 Å². The van der Waals surface area contributed by atoms with E-state index in [9.17, 15) is 0 Å². The van der Waals surface area contributed by atoms with Crippen molar-refractivity contribution in [2.24, 2.45) is 5.41 Å². The lowest BCUT2D eigenvalue weighted by Gasteiger charge is -2.24. The third kappa shape index (κ3) is 4.24. The minimum atomic E-state index is 0.264. The maximum atomic E-state index is 5.67. The van der Waals surface area contributed by atoms with Gasteiger partial charge < -0.3 is 5.32 Å². The Labute approximate surface area is 94.1 Å². The molecule has 1 rings (SSSR count). The normalized spacial score (nSPS) is 11.6. The molecule has 0 radical (unpaired) electrons. The summed E-state index contributed by atoms with van der Waals surface area (Å²) in [7, 11) is 0. The van der Waals surface area contributed by atoms with Gasteiger partial charge in [0.15, 0.2) is 0 Å². The fourth-order valence-corrected chi connectivity index (χ4v) is 1.76. The second kappa shape index (κ2) is 5.51. The highest BCUT2D eigenvalue weighted by Gasteiger charge is 2.17. The number of rotatable bonds is 6. The van der Waals surface area contributed by atoms with Gasteiger partial charge >= 0.3 is 0 Å². The first kappa shape index (κ1) is 11.7. The molecule has 0 atom stereocenters. The zero-order valence-electron chi connectivity index (χ0n) is 8.59. The molecule has 3 nitrogen and oxygen atoms in total. The van der Waals surface area contributed by atoms with Gasteiger partial charge in [0.25, 0.3) is 0 Å². The highest BCUT2D eigenvalue weighted by molar-refractivity contribution is 7.09. The van der Waals surface area contributed by atoms with Crippen LogP contribution in [0.4, 0.5) is 5.13 Å². The van der Waals surface area contributed by atoms with Crippen molar-refractivity contribution in [2.75, 3.05) is 17.7 Å². The Balaban J connectivity index is 2.28. The maximum absolute atomic E-state index is 5.67. The van der Waals surface area contributed by atoms with Gasteiger partial charge in [0.05, 0.1) is 0 Å². The van der Waals surface area contributed by atoms with E-state index in [0.29, 0.717) is 0 Å².